The number of hydrogen-bond acceptors (Lipinski definition) is 3. The highest BCUT2D eigenvalue weighted by Crippen LogP contribution is 2.40. The smallest absolute Gasteiger partial charge is 0.0999 e. The monoisotopic (exact) mass is 248 g/mol. The fourth-order valence-electron chi connectivity index (χ4n) is 3.33. The molecule has 0 amide bonds. The van der Waals surface area contributed by atoms with E-state index in [9.17, 15) is 0 Å². The molecule has 0 saturated heterocycles. The van der Waals surface area contributed by atoms with E-state index in [0.717, 1.165) is 12.5 Å². The summed E-state index contributed by atoms with van der Waals surface area (Å²) in [6.07, 6.45) is 10.7. The Bertz CT molecular complexity index is 388. The van der Waals surface area contributed by atoms with Crippen LogP contribution >= 0.6 is 0 Å². The lowest BCUT2D eigenvalue weighted by atomic mass is 9.81. The number of rotatable bonds is 4. The Morgan fingerprint density at radius 3 is 2.50 bits per heavy atom. The molecule has 0 atom stereocenters. The first kappa shape index (κ1) is 12.2. The summed E-state index contributed by atoms with van der Waals surface area (Å²) in [6, 6.07) is 0.618. The number of hydrogen-bond donors (Lipinski definition) is 1. The van der Waals surface area contributed by atoms with Gasteiger partial charge in [-0.25, -0.2) is 4.68 Å². The van der Waals surface area contributed by atoms with E-state index in [0.29, 0.717) is 6.04 Å². The van der Waals surface area contributed by atoms with E-state index < -0.39 is 0 Å². The summed E-state index contributed by atoms with van der Waals surface area (Å²) < 4.78 is 2.29. The zero-order valence-corrected chi connectivity index (χ0v) is 11.4. The molecule has 2 aliphatic carbocycles. The van der Waals surface area contributed by atoms with E-state index in [1.54, 1.807) is 0 Å². The molecular weight excluding hydrogens is 224 g/mol. The van der Waals surface area contributed by atoms with Crippen LogP contribution < -0.4 is 5.32 Å². The van der Waals surface area contributed by atoms with Gasteiger partial charge in [-0.2, -0.15) is 0 Å². The molecule has 0 aromatic carbocycles. The molecule has 0 spiro atoms. The van der Waals surface area contributed by atoms with Crippen LogP contribution in [-0.4, -0.2) is 22.0 Å². The number of nitrogens with one attached hydrogen (secondary N) is 1. The van der Waals surface area contributed by atoms with Crippen LogP contribution in [0, 0.1) is 0 Å². The first-order valence-corrected chi connectivity index (χ1v) is 7.48. The second-order valence-electron chi connectivity index (χ2n) is 5.82. The third-order valence-electron chi connectivity index (χ3n) is 4.56. The van der Waals surface area contributed by atoms with Crippen molar-refractivity contribution < 1.29 is 0 Å². The van der Waals surface area contributed by atoms with E-state index in [2.05, 4.69) is 20.3 Å². The number of nitrogens with zero attached hydrogens (tertiary/aromatic N) is 3. The summed E-state index contributed by atoms with van der Waals surface area (Å²) in [6.45, 7) is 0.860. The van der Waals surface area contributed by atoms with E-state index in [4.69, 9.17) is 0 Å². The largest absolute Gasteiger partial charge is 0.314 e. The third kappa shape index (κ3) is 2.18. The van der Waals surface area contributed by atoms with Gasteiger partial charge in [0.2, 0.25) is 0 Å². The van der Waals surface area contributed by atoms with Gasteiger partial charge in [-0.3, -0.25) is 0 Å². The highest BCUT2D eigenvalue weighted by molar-refractivity contribution is 5.19. The molecule has 2 aliphatic rings. The third-order valence-corrected chi connectivity index (χ3v) is 4.56. The molecule has 4 nitrogen and oxygen atoms in total. The van der Waals surface area contributed by atoms with Crippen molar-refractivity contribution in [3.63, 3.8) is 0 Å². The van der Waals surface area contributed by atoms with E-state index >= 15 is 0 Å². The van der Waals surface area contributed by atoms with Crippen LogP contribution in [0.4, 0.5) is 0 Å². The van der Waals surface area contributed by atoms with Crippen molar-refractivity contribution >= 4 is 0 Å². The van der Waals surface area contributed by atoms with Crippen molar-refractivity contribution in [3.05, 3.63) is 11.4 Å². The first-order chi connectivity index (χ1) is 8.90. The van der Waals surface area contributed by atoms with Gasteiger partial charge in [-0.1, -0.05) is 30.9 Å². The van der Waals surface area contributed by atoms with Crippen LogP contribution in [0.15, 0.2) is 0 Å². The normalized spacial score (nSPS) is 22.1. The molecule has 4 heteroatoms. The minimum Gasteiger partial charge on any atom is -0.314 e. The van der Waals surface area contributed by atoms with Crippen LogP contribution in [0.25, 0.3) is 0 Å². The molecule has 0 bridgehead atoms. The molecule has 0 aliphatic heterocycles. The molecule has 1 aromatic rings. The van der Waals surface area contributed by atoms with Gasteiger partial charge in [0.25, 0.3) is 0 Å². The van der Waals surface area contributed by atoms with Crippen molar-refractivity contribution in [2.75, 3.05) is 7.05 Å². The van der Waals surface area contributed by atoms with Crippen LogP contribution in [0.5, 0.6) is 0 Å². The second-order valence-corrected chi connectivity index (χ2v) is 5.82. The average Bonchev–Trinajstić information content (AvgIpc) is 2.73. The van der Waals surface area contributed by atoms with Crippen molar-refractivity contribution in [2.24, 2.45) is 0 Å². The Labute approximate surface area is 109 Å². The Kier molecular flexibility index (Phi) is 3.64. The zero-order valence-electron chi connectivity index (χ0n) is 11.4. The topological polar surface area (TPSA) is 42.7 Å². The summed E-state index contributed by atoms with van der Waals surface area (Å²) in [5.74, 6) is 0.727. The van der Waals surface area contributed by atoms with Gasteiger partial charge in [0.15, 0.2) is 0 Å². The highest BCUT2D eigenvalue weighted by atomic mass is 15.4. The fourth-order valence-corrected chi connectivity index (χ4v) is 3.33. The van der Waals surface area contributed by atoms with E-state index in [-0.39, 0.29) is 0 Å². The summed E-state index contributed by atoms with van der Waals surface area (Å²) in [5.41, 5.74) is 2.63. The lowest BCUT2D eigenvalue weighted by Crippen LogP contribution is -2.22. The van der Waals surface area contributed by atoms with Crippen LogP contribution in [0.2, 0.25) is 0 Å². The molecule has 1 N–H and O–H groups in total. The Balaban J connectivity index is 1.87. The first-order valence-electron chi connectivity index (χ1n) is 7.48. The Hall–Kier alpha value is -0.900. The maximum atomic E-state index is 4.49. The molecule has 100 valence electrons. The van der Waals surface area contributed by atoms with Crippen molar-refractivity contribution in [1.29, 1.82) is 0 Å². The Morgan fingerprint density at radius 1 is 1.11 bits per heavy atom. The van der Waals surface area contributed by atoms with Gasteiger partial charge in [0.05, 0.1) is 17.4 Å². The summed E-state index contributed by atoms with van der Waals surface area (Å²) in [4.78, 5) is 0. The van der Waals surface area contributed by atoms with Crippen LogP contribution in [0.1, 0.15) is 74.7 Å². The predicted molar refractivity (Wildman–Crippen MR) is 71.5 cm³/mol. The molecule has 2 saturated carbocycles. The van der Waals surface area contributed by atoms with Gasteiger partial charge in [-0.15, -0.1) is 5.10 Å². The molecule has 18 heavy (non-hydrogen) atoms. The molecule has 0 radical (unpaired) electrons. The van der Waals surface area contributed by atoms with Gasteiger partial charge < -0.3 is 5.32 Å². The lowest BCUT2D eigenvalue weighted by molar-refractivity contribution is 0.295. The molecule has 3 rings (SSSR count). The van der Waals surface area contributed by atoms with Crippen molar-refractivity contribution in [1.82, 2.24) is 20.3 Å². The Morgan fingerprint density at radius 2 is 1.89 bits per heavy atom. The molecular formula is C14H24N4. The molecule has 1 heterocycles. The standard InChI is InChI=1S/C14H24N4/c1-15-10-13-14(11-6-5-7-11)18(17-16-13)12-8-3-2-4-9-12/h11-12,15H,2-10H2,1H3. The van der Waals surface area contributed by atoms with Gasteiger partial charge in [0, 0.05) is 12.5 Å². The second kappa shape index (κ2) is 5.39. The van der Waals surface area contributed by atoms with Crippen LogP contribution in [-0.2, 0) is 6.54 Å². The predicted octanol–water partition coefficient (Wildman–Crippen LogP) is 2.77. The highest BCUT2D eigenvalue weighted by Gasteiger charge is 2.30. The number of aromatic nitrogens is 3. The minimum atomic E-state index is 0.618. The summed E-state index contributed by atoms with van der Waals surface area (Å²) in [7, 11) is 1.99. The maximum Gasteiger partial charge on any atom is 0.0999 e. The van der Waals surface area contributed by atoms with Gasteiger partial charge in [-0.05, 0) is 32.7 Å². The van der Waals surface area contributed by atoms with Crippen LogP contribution in [0.3, 0.4) is 0 Å². The van der Waals surface area contributed by atoms with Gasteiger partial charge >= 0.3 is 0 Å². The quantitative estimate of drug-likeness (QED) is 0.891. The average molecular weight is 248 g/mol. The van der Waals surface area contributed by atoms with Crippen molar-refractivity contribution in [3.8, 4) is 0 Å². The van der Waals surface area contributed by atoms with E-state index in [1.165, 1.54) is 62.8 Å². The lowest BCUT2D eigenvalue weighted by Gasteiger charge is -2.30. The van der Waals surface area contributed by atoms with Gasteiger partial charge in [0.1, 0.15) is 0 Å². The summed E-state index contributed by atoms with van der Waals surface area (Å²) in [5, 5.41) is 12.2. The summed E-state index contributed by atoms with van der Waals surface area (Å²) >= 11 is 0. The zero-order chi connectivity index (χ0) is 12.4. The maximum absolute atomic E-state index is 4.49. The minimum absolute atomic E-state index is 0.618. The van der Waals surface area contributed by atoms with E-state index in [1.807, 2.05) is 7.05 Å². The van der Waals surface area contributed by atoms with Crippen molar-refractivity contribution in [2.45, 2.75) is 69.9 Å². The molecule has 2 fully saturated rings. The molecule has 0 unspecified atom stereocenters. The molecule has 1 aromatic heterocycles. The SMILES string of the molecule is CNCc1nnn(C2CCCCC2)c1C1CCC1. The fraction of sp³-hybridized carbons (Fsp3) is 0.857.